The summed E-state index contributed by atoms with van der Waals surface area (Å²) in [5, 5.41) is 0.0663. The third-order valence-corrected chi connectivity index (χ3v) is 6.67. The summed E-state index contributed by atoms with van der Waals surface area (Å²) in [6.07, 6.45) is 1.70. The maximum Gasteiger partial charge on any atom is 0.293 e. The highest BCUT2D eigenvalue weighted by atomic mass is 35.5. The highest BCUT2D eigenvalue weighted by Gasteiger charge is 2.35. The highest BCUT2D eigenvalue weighted by molar-refractivity contribution is 8.18. The van der Waals surface area contributed by atoms with Crippen LogP contribution in [0.5, 0.6) is 17.2 Å². The van der Waals surface area contributed by atoms with Gasteiger partial charge in [-0.2, -0.15) is 0 Å². The van der Waals surface area contributed by atoms with Gasteiger partial charge < -0.3 is 14.2 Å². The number of imide groups is 1. The molecule has 8 heteroatoms. The van der Waals surface area contributed by atoms with E-state index in [1.54, 1.807) is 18.2 Å². The lowest BCUT2D eigenvalue weighted by molar-refractivity contribution is -0.123. The third kappa shape index (κ3) is 4.76. The molecule has 1 saturated heterocycles. The molecule has 0 bridgehead atoms. The molecule has 2 amide bonds. The van der Waals surface area contributed by atoms with Crippen LogP contribution in [0, 0.1) is 6.92 Å². The summed E-state index contributed by atoms with van der Waals surface area (Å²) in [6.45, 7) is 2.70. The van der Waals surface area contributed by atoms with E-state index in [2.05, 4.69) is 6.07 Å². The Morgan fingerprint density at radius 3 is 2.59 bits per heavy atom. The molecule has 3 aromatic carbocycles. The molecule has 6 nitrogen and oxygen atoms in total. The lowest BCUT2D eigenvalue weighted by atomic mass is 10.1. The van der Waals surface area contributed by atoms with E-state index in [0.29, 0.717) is 33.6 Å². The van der Waals surface area contributed by atoms with E-state index in [4.69, 9.17) is 25.8 Å². The minimum atomic E-state index is -0.358. The second-order valence-electron chi connectivity index (χ2n) is 7.91. The largest absolute Gasteiger partial charge is 0.489 e. The number of carbonyl (C=O) groups is 2. The molecule has 2 aliphatic heterocycles. The number of hydrogen-bond acceptors (Lipinski definition) is 6. The topological polar surface area (TPSA) is 65.1 Å². The molecule has 2 heterocycles. The van der Waals surface area contributed by atoms with Crippen LogP contribution in [0.2, 0.25) is 5.02 Å². The molecule has 34 heavy (non-hydrogen) atoms. The molecule has 0 unspecified atom stereocenters. The molecule has 3 aromatic rings. The van der Waals surface area contributed by atoms with Gasteiger partial charge in [0.1, 0.15) is 12.4 Å². The smallest absolute Gasteiger partial charge is 0.293 e. The highest BCUT2D eigenvalue weighted by Crippen LogP contribution is 2.39. The molecule has 2 aliphatic rings. The van der Waals surface area contributed by atoms with Crippen LogP contribution in [0.1, 0.15) is 22.3 Å². The molecule has 0 aliphatic carbocycles. The first-order valence-corrected chi connectivity index (χ1v) is 11.8. The predicted molar refractivity (Wildman–Crippen MR) is 131 cm³/mol. The van der Waals surface area contributed by atoms with Crippen molar-refractivity contribution in [2.75, 3.05) is 6.79 Å². The quantitative estimate of drug-likeness (QED) is 0.381. The van der Waals surface area contributed by atoms with Crippen LogP contribution in [0.3, 0.4) is 0 Å². The first kappa shape index (κ1) is 22.4. The van der Waals surface area contributed by atoms with Crippen LogP contribution in [0.25, 0.3) is 6.08 Å². The van der Waals surface area contributed by atoms with Gasteiger partial charge in [-0.3, -0.25) is 14.5 Å². The average Bonchev–Trinajstić information content (AvgIpc) is 3.38. The predicted octanol–water partition coefficient (Wildman–Crippen LogP) is 6.19. The first-order chi connectivity index (χ1) is 16.5. The summed E-state index contributed by atoms with van der Waals surface area (Å²) in [4.78, 5) is 27.0. The Kier molecular flexibility index (Phi) is 6.22. The Hall–Kier alpha value is -3.42. The fourth-order valence-electron chi connectivity index (χ4n) is 3.67. The van der Waals surface area contributed by atoms with E-state index >= 15 is 0 Å². The van der Waals surface area contributed by atoms with Crippen molar-refractivity contribution in [2.24, 2.45) is 0 Å². The summed E-state index contributed by atoms with van der Waals surface area (Å²) in [5.41, 5.74) is 3.70. The molecule has 0 N–H and O–H groups in total. The SMILES string of the molecule is Cc1cccc(COc2ccc(/C=C3\SC(=O)N(Cc4cc5c(cc4Cl)OCO5)C3=O)cc2)c1. The Labute approximate surface area is 206 Å². The van der Waals surface area contributed by atoms with Crippen LogP contribution < -0.4 is 14.2 Å². The van der Waals surface area contributed by atoms with Gasteiger partial charge in [0, 0.05) is 11.1 Å². The van der Waals surface area contributed by atoms with Crippen molar-refractivity contribution in [2.45, 2.75) is 20.1 Å². The van der Waals surface area contributed by atoms with E-state index in [9.17, 15) is 9.59 Å². The number of rotatable bonds is 6. The molecule has 0 atom stereocenters. The van der Waals surface area contributed by atoms with Gasteiger partial charge >= 0.3 is 0 Å². The zero-order valence-corrected chi connectivity index (χ0v) is 19.8. The molecule has 1 fully saturated rings. The van der Waals surface area contributed by atoms with Crippen molar-refractivity contribution in [1.29, 1.82) is 0 Å². The van der Waals surface area contributed by atoms with Crippen molar-refractivity contribution < 1.29 is 23.8 Å². The third-order valence-electron chi connectivity index (χ3n) is 5.41. The maximum absolute atomic E-state index is 12.9. The average molecular weight is 494 g/mol. The van der Waals surface area contributed by atoms with Crippen molar-refractivity contribution >= 4 is 40.6 Å². The second-order valence-corrected chi connectivity index (χ2v) is 9.31. The van der Waals surface area contributed by atoms with Crippen molar-refractivity contribution in [3.63, 3.8) is 0 Å². The first-order valence-electron chi connectivity index (χ1n) is 10.6. The zero-order valence-electron chi connectivity index (χ0n) is 18.2. The number of benzene rings is 3. The number of hydrogen-bond donors (Lipinski definition) is 0. The van der Waals surface area contributed by atoms with E-state index in [1.807, 2.05) is 49.4 Å². The Morgan fingerprint density at radius 2 is 1.82 bits per heavy atom. The lowest BCUT2D eigenvalue weighted by Crippen LogP contribution is -2.27. The summed E-state index contributed by atoms with van der Waals surface area (Å²) < 4.78 is 16.5. The normalized spacial score (nSPS) is 15.9. The summed E-state index contributed by atoms with van der Waals surface area (Å²) in [6, 6.07) is 18.9. The Morgan fingerprint density at radius 1 is 1.06 bits per heavy atom. The Balaban J connectivity index is 1.25. The monoisotopic (exact) mass is 493 g/mol. The van der Waals surface area contributed by atoms with Gasteiger partial charge in [-0.1, -0.05) is 53.6 Å². The van der Waals surface area contributed by atoms with Gasteiger partial charge in [-0.25, -0.2) is 0 Å². The van der Waals surface area contributed by atoms with Gasteiger partial charge in [0.2, 0.25) is 6.79 Å². The van der Waals surface area contributed by atoms with Crippen LogP contribution in [0.15, 0.2) is 65.6 Å². The number of nitrogens with zero attached hydrogens (tertiary/aromatic N) is 1. The van der Waals surface area contributed by atoms with Crippen molar-refractivity contribution in [3.8, 4) is 17.2 Å². The van der Waals surface area contributed by atoms with Gasteiger partial charge in [-0.05, 0) is 59.7 Å². The summed E-state index contributed by atoms with van der Waals surface area (Å²) >= 11 is 7.23. The van der Waals surface area contributed by atoms with Gasteiger partial charge in [-0.15, -0.1) is 0 Å². The maximum atomic E-state index is 12.9. The number of halogens is 1. The Bertz CT molecular complexity index is 1310. The van der Waals surface area contributed by atoms with Crippen molar-refractivity contribution in [1.82, 2.24) is 4.90 Å². The van der Waals surface area contributed by atoms with Gasteiger partial charge in [0.15, 0.2) is 11.5 Å². The number of ether oxygens (including phenoxy) is 3. The van der Waals surface area contributed by atoms with E-state index in [-0.39, 0.29) is 24.5 Å². The fraction of sp³-hybridized carbons (Fsp3) is 0.154. The number of fused-ring (bicyclic) bond motifs is 1. The molecule has 172 valence electrons. The zero-order chi connectivity index (χ0) is 23.7. The van der Waals surface area contributed by atoms with Crippen LogP contribution in [0.4, 0.5) is 4.79 Å². The minimum Gasteiger partial charge on any atom is -0.489 e. The standard InChI is InChI=1S/C26H20ClNO5S/c1-16-3-2-4-18(9-16)14-31-20-7-5-17(6-8-20)10-24-25(29)28(26(30)34-24)13-19-11-22-23(12-21(19)27)33-15-32-22/h2-12H,13-15H2,1H3/b24-10-. The molecule has 0 spiro atoms. The molecule has 0 aromatic heterocycles. The molecule has 0 saturated carbocycles. The molecule has 5 rings (SSSR count). The number of thioether (sulfide) groups is 1. The van der Waals surface area contributed by atoms with Crippen LogP contribution in [-0.2, 0) is 17.9 Å². The van der Waals surface area contributed by atoms with Gasteiger partial charge in [0.25, 0.3) is 11.1 Å². The summed E-state index contributed by atoms with van der Waals surface area (Å²) in [7, 11) is 0. The number of carbonyl (C=O) groups excluding carboxylic acids is 2. The van der Waals surface area contributed by atoms with E-state index in [0.717, 1.165) is 28.6 Å². The van der Waals surface area contributed by atoms with Crippen molar-refractivity contribution in [3.05, 3.63) is 92.8 Å². The van der Waals surface area contributed by atoms with Gasteiger partial charge in [0.05, 0.1) is 11.4 Å². The number of amides is 2. The summed E-state index contributed by atoms with van der Waals surface area (Å²) in [5.74, 6) is 1.47. The van der Waals surface area contributed by atoms with Crippen LogP contribution >= 0.6 is 23.4 Å². The molecule has 0 radical (unpaired) electrons. The fourth-order valence-corrected chi connectivity index (χ4v) is 4.72. The molecular weight excluding hydrogens is 474 g/mol. The molecular formula is C26H20ClNO5S. The number of aryl methyl sites for hydroxylation is 1. The minimum absolute atomic E-state index is 0.0587. The van der Waals surface area contributed by atoms with Crippen LogP contribution in [-0.4, -0.2) is 22.8 Å². The lowest BCUT2D eigenvalue weighted by Gasteiger charge is -2.14. The van der Waals surface area contributed by atoms with E-state index in [1.165, 1.54) is 10.5 Å². The van der Waals surface area contributed by atoms with E-state index < -0.39 is 0 Å². The second kappa shape index (κ2) is 9.44.